The predicted octanol–water partition coefficient (Wildman–Crippen LogP) is 3.38. The maximum atomic E-state index is 10.7. The summed E-state index contributed by atoms with van der Waals surface area (Å²) in [6, 6.07) is 6.88. The molecule has 0 saturated heterocycles. The largest absolute Gasteiger partial charge is 0.490 e. The first-order valence-electron chi connectivity index (χ1n) is 6.24. The minimum absolute atomic E-state index is 0.195. The van der Waals surface area contributed by atoms with Gasteiger partial charge in [-0.1, -0.05) is 29.8 Å². The third-order valence-corrected chi connectivity index (χ3v) is 3.08. The fourth-order valence-corrected chi connectivity index (χ4v) is 2.18. The quantitative estimate of drug-likeness (QED) is 0.831. The van der Waals surface area contributed by atoms with Crippen LogP contribution in [-0.4, -0.2) is 23.8 Å². The van der Waals surface area contributed by atoms with Gasteiger partial charge in [0.05, 0.1) is 11.6 Å². The Bertz CT molecular complexity index is 512. The van der Waals surface area contributed by atoms with Crippen LogP contribution in [0.25, 0.3) is 0 Å². The van der Waals surface area contributed by atoms with Gasteiger partial charge in [-0.15, -0.1) is 0 Å². The first-order chi connectivity index (χ1) is 9.42. The number of halogens is 1. The van der Waals surface area contributed by atoms with Gasteiger partial charge in [-0.3, -0.25) is 0 Å². The van der Waals surface area contributed by atoms with Crippen molar-refractivity contribution in [2.75, 3.05) is 6.61 Å². The van der Waals surface area contributed by atoms with E-state index < -0.39 is 6.09 Å². The molecule has 2 N–H and O–H groups in total. The average Bonchev–Trinajstić information content (AvgIpc) is 2.35. The van der Waals surface area contributed by atoms with Gasteiger partial charge in [-0.05, 0) is 30.5 Å². The van der Waals surface area contributed by atoms with Crippen LogP contribution >= 0.6 is 15.9 Å². The summed E-state index contributed by atoms with van der Waals surface area (Å²) in [6.07, 6.45) is -0.402. The maximum Gasteiger partial charge on any atom is 0.404 e. The Labute approximate surface area is 126 Å². The molecule has 0 heterocycles. The molecule has 0 saturated carbocycles. The van der Waals surface area contributed by atoms with Gasteiger partial charge < -0.3 is 15.2 Å². The predicted molar refractivity (Wildman–Crippen MR) is 78.8 cm³/mol. The first-order valence-corrected chi connectivity index (χ1v) is 7.03. The van der Waals surface area contributed by atoms with E-state index in [0.717, 1.165) is 4.47 Å². The lowest BCUT2D eigenvalue weighted by molar-refractivity contribution is 0.176. The standard InChI is InChI=1S/C14H17BrN2O3/c1-9(2)5-12(17-14(18)19)8-20-13-4-3-11(15)6-10(13)7-16/h3-4,6,9,12,17H,5,8H2,1-2H3,(H,18,19). The van der Waals surface area contributed by atoms with Gasteiger partial charge in [-0.25, -0.2) is 4.79 Å². The Morgan fingerprint density at radius 3 is 2.80 bits per heavy atom. The van der Waals surface area contributed by atoms with Crippen LogP contribution in [0.3, 0.4) is 0 Å². The Morgan fingerprint density at radius 1 is 1.55 bits per heavy atom. The lowest BCUT2D eigenvalue weighted by Gasteiger charge is -2.19. The molecular weight excluding hydrogens is 324 g/mol. The third-order valence-electron chi connectivity index (χ3n) is 2.59. The van der Waals surface area contributed by atoms with Crippen LogP contribution in [0.15, 0.2) is 22.7 Å². The summed E-state index contributed by atoms with van der Waals surface area (Å²) in [6.45, 7) is 4.22. The summed E-state index contributed by atoms with van der Waals surface area (Å²) in [5.41, 5.74) is 0.415. The summed E-state index contributed by atoms with van der Waals surface area (Å²) in [5, 5.41) is 20.3. The van der Waals surface area contributed by atoms with E-state index in [-0.39, 0.29) is 12.6 Å². The fourth-order valence-electron chi connectivity index (χ4n) is 1.82. The first kappa shape index (κ1) is 16.3. The number of rotatable bonds is 6. The Balaban J connectivity index is 2.72. The monoisotopic (exact) mass is 340 g/mol. The molecular formula is C14H17BrN2O3. The van der Waals surface area contributed by atoms with E-state index in [2.05, 4.69) is 21.2 Å². The fraction of sp³-hybridized carbons (Fsp3) is 0.429. The number of nitrogens with one attached hydrogen (secondary N) is 1. The molecule has 5 nitrogen and oxygen atoms in total. The van der Waals surface area contributed by atoms with Gasteiger partial charge in [0.15, 0.2) is 0 Å². The van der Waals surface area contributed by atoms with Crippen LogP contribution in [0.2, 0.25) is 0 Å². The minimum Gasteiger partial charge on any atom is -0.490 e. The molecule has 1 aromatic rings. The summed E-state index contributed by atoms with van der Waals surface area (Å²) in [7, 11) is 0. The number of hydrogen-bond acceptors (Lipinski definition) is 3. The van der Waals surface area contributed by atoms with Crippen LogP contribution in [0, 0.1) is 17.2 Å². The van der Waals surface area contributed by atoms with Gasteiger partial charge >= 0.3 is 6.09 Å². The van der Waals surface area contributed by atoms with Crippen molar-refractivity contribution in [1.29, 1.82) is 5.26 Å². The van der Waals surface area contributed by atoms with E-state index in [9.17, 15) is 4.79 Å². The van der Waals surface area contributed by atoms with E-state index in [1.807, 2.05) is 19.9 Å². The molecule has 1 atom stereocenters. The van der Waals surface area contributed by atoms with E-state index in [1.54, 1.807) is 18.2 Å². The molecule has 0 aliphatic rings. The van der Waals surface area contributed by atoms with Crippen LogP contribution in [-0.2, 0) is 0 Å². The van der Waals surface area contributed by atoms with Crippen molar-refractivity contribution in [3.8, 4) is 11.8 Å². The lowest BCUT2D eigenvalue weighted by Crippen LogP contribution is -2.39. The number of nitrogens with zero attached hydrogens (tertiary/aromatic N) is 1. The van der Waals surface area contributed by atoms with Gasteiger partial charge in [0, 0.05) is 4.47 Å². The molecule has 0 aliphatic heterocycles. The highest BCUT2D eigenvalue weighted by Gasteiger charge is 2.15. The van der Waals surface area contributed by atoms with Crippen molar-refractivity contribution in [2.45, 2.75) is 26.3 Å². The Hall–Kier alpha value is -1.74. The average molecular weight is 341 g/mol. The molecule has 1 rings (SSSR count). The van der Waals surface area contributed by atoms with Crippen LogP contribution in [0.1, 0.15) is 25.8 Å². The summed E-state index contributed by atoms with van der Waals surface area (Å²) in [4.78, 5) is 10.7. The molecule has 108 valence electrons. The van der Waals surface area contributed by atoms with E-state index >= 15 is 0 Å². The zero-order valence-electron chi connectivity index (χ0n) is 11.4. The van der Waals surface area contributed by atoms with Gasteiger partial charge in [0.25, 0.3) is 0 Å². The molecule has 6 heteroatoms. The normalized spacial score (nSPS) is 11.8. The van der Waals surface area contributed by atoms with Crippen molar-refractivity contribution >= 4 is 22.0 Å². The van der Waals surface area contributed by atoms with Gasteiger partial charge in [0.1, 0.15) is 18.4 Å². The second-order valence-electron chi connectivity index (χ2n) is 4.84. The highest BCUT2D eigenvalue weighted by molar-refractivity contribution is 9.10. The molecule has 0 aliphatic carbocycles. The summed E-state index contributed by atoms with van der Waals surface area (Å²) in [5.74, 6) is 0.799. The maximum absolute atomic E-state index is 10.7. The van der Waals surface area contributed by atoms with E-state index in [1.165, 1.54) is 0 Å². The second kappa shape index (κ2) is 7.75. The van der Waals surface area contributed by atoms with Crippen LogP contribution < -0.4 is 10.1 Å². The highest BCUT2D eigenvalue weighted by Crippen LogP contribution is 2.22. The second-order valence-corrected chi connectivity index (χ2v) is 5.75. The number of carbonyl (C=O) groups is 1. The zero-order chi connectivity index (χ0) is 15.1. The van der Waals surface area contributed by atoms with Crippen LogP contribution in [0.5, 0.6) is 5.75 Å². The molecule has 1 aromatic carbocycles. The van der Waals surface area contributed by atoms with Crippen molar-refractivity contribution in [1.82, 2.24) is 5.32 Å². The van der Waals surface area contributed by atoms with E-state index in [0.29, 0.717) is 23.7 Å². The molecule has 1 unspecified atom stereocenters. The number of hydrogen-bond donors (Lipinski definition) is 2. The smallest absolute Gasteiger partial charge is 0.404 e. The van der Waals surface area contributed by atoms with Gasteiger partial charge in [0.2, 0.25) is 0 Å². The molecule has 0 radical (unpaired) electrons. The highest BCUT2D eigenvalue weighted by atomic mass is 79.9. The molecule has 20 heavy (non-hydrogen) atoms. The molecule has 0 fully saturated rings. The van der Waals surface area contributed by atoms with Crippen molar-refractivity contribution in [2.24, 2.45) is 5.92 Å². The number of nitriles is 1. The zero-order valence-corrected chi connectivity index (χ0v) is 13.0. The lowest BCUT2D eigenvalue weighted by atomic mass is 10.0. The van der Waals surface area contributed by atoms with Crippen molar-refractivity contribution in [3.63, 3.8) is 0 Å². The molecule has 0 bridgehead atoms. The summed E-state index contributed by atoms with van der Waals surface area (Å²) < 4.78 is 6.37. The number of carboxylic acid groups (broad SMARTS) is 1. The van der Waals surface area contributed by atoms with E-state index in [4.69, 9.17) is 15.1 Å². The Kier molecular flexibility index (Phi) is 6.32. The molecule has 0 spiro atoms. The number of ether oxygens (including phenoxy) is 1. The Morgan fingerprint density at radius 2 is 2.25 bits per heavy atom. The number of amides is 1. The van der Waals surface area contributed by atoms with Crippen molar-refractivity contribution < 1.29 is 14.6 Å². The minimum atomic E-state index is -1.07. The summed E-state index contributed by atoms with van der Waals surface area (Å²) >= 11 is 3.29. The van der Waals surface area contributed by atoms with Gasteiger partial charge in [-0.2, -0.15) is 5.26 Å². The van der Waals surface area contributed by atoms with Crippen molar-refractivity contribution in [3.05, 3.63) is 28.2 Å². The van der Waals surface area contributed by atoms with Crippen LogP contribution in [0.4, 0.5) is 4.79 Å². The molecule has 0 aromatic heterocycles. The SMILES string of the molecule is CC(C)CC(COc1ccc(Br)cc1C#N)NC(=O)O. The number of benzene rings is 1. The molecule has 1 amide bonds. The third kappa shape index (κ3) is 5.49. The topological polar surface area (TPSA) is 82.3 Å².